The quantitative estimate of drug-likeness (QED) is 0.485. The fraction of sp³-hybridized carbons (Fsp3) is 0.417. The predicted molar refractivity (Wildman–Crippen MR) is 72.6 cm³/mol. The van der Waals surface area contributed by atoms with Crippen LogP contribution in [0.2, 0.25) is 0 Å². The number of hydrogen-bond acceptors (Lipinski definition) is 4. The van der Waals surface area contributed by atoms with Crippen molar-refractivity contribution in [2.45, 2.75) is 21.0 Å². The molecule has 0 heterocycles. The van der Waals surface area contributed by atoms with E-state index in [1.165, 1.54) is 7.05 Å². The van der Waals surface area contributed by atoms with Crippen molar-refractivity contribution in [3.05, 3.63) is 29.3 Å². The zero-order chi connectivity index (χ0) is 13.0. The molecule has 6 heteroatoms. The average Bonchev–Trinajstić information content (AvgIpc) is 2.30. The van der Waals surface area contributed by atoms with E-state index in [4.69, 9.17) is 16.4 Å². The van der Waals surface area contributed by atoms with Crippen molar-refractivity contribution in [1.82, 2.24) is 5.01 Å². The molecule has 0 aromatic heterocycles. The molecule has 0 spiro atoms. The number of carbonyl (C=O) groups excluding carboxylic acids is 1. The molecular formula is C12H22N4O2. The second kappa shape index (κ2) is 6.95. The van der Waals surface area contributed by atoms with Crippen LogP contribution < -0.4 is 16.7 Å². The van der Waals surface area contributed by atoms with Crippen LogP contribution in [0, 0.1) is 6.92 Å². The lowest BCUT2D eigenvalue weighted by Gasteiger charge is -2.23. The number of ether oxygens (including phenoxy) is 1. The minimum Gasteiger partial charge on any atom is -0.380 e. The lowest BCUT2D eigenvalue weighted by Crippen LogP contribution is -2.49. The Kier molecular flexibility index (Phi) is 6.32. The summed E-state index contributed by atoms with van der Waals surface area (Å²) in [4.78, 5) is 11.7. The van der Waals surface area contributed by atoms with Crippen LogP contribution in [-0.2, 0) is 11.3 Å². The van der Waals surface area contributed by atoms with Gasteiger partial charge in [-0.2, -0.15) is 0 Å². The summed E-state index contributed by atoms with van der Waals surface area (Å²) >= 11 is 0. The normalized spacial score (nSPS) is 9.61. The van der Waals surface area contributed by atoms with E-state index in [2.05, 4.69) is 0 Å². The van der Waals surface area contributed by atoms with Gasteiger partial charge in [0.15, 0.2) is 0 Å². The molecule has 6 nitrogen and oxygen atoms in total. The molecule has 0 saturated heterocycles. The van der Waals surface area contributed by atoms with Gasteiger partial charge in [0.2, 0.25) is 0 Å². The van der Waals surface area contributed by atoms with Crippen molar-refractivity contribution < 1.29 is 9.53 Å². The second-order valence-corrected chi connectivity index (χ2v) is 3.77. The summed E-state index contributed by atoms with van der Waals surface area (Å²) < 4.78 is 5.10. The van der Waals surface area contributed by atoms with Crippen LogP contribution in [0.1, 0.15) is 18.6 Å². The van der Waals surface area contributed by atoms with E-state index < -0.39 is 6.03 Å². The van der Waals surface area contributed by atoms with Crippen molar-refractivity contribution in [1.29, 1.82) is 0 Å². The SMILES string of the molecule is C.COCc1c(C)cccc1N(N)C(=O)N(C)N. The smallest absolute Gasteiger partial charge is 0.352 e. The number of hydrazine groups is 2. The van der Waals surface area contributed by atoms with Crippen LogP contribution in [0.15, 0.2) is 18.2 Å². The van der Waals surface area contributed by atoms with E-state index in [1.54, 1.807) is 13.2 Å². The molecule has 4 N–H and O–H groups in total. The van der Waals surface area contributed by atoms with Crippen LogP contribution in [0.4, 0.5) is 10.5 Å². The van der Waals surface area contributed by atoms with Gasteiger partial charge in [-0.3, -0.25) is 5.01 Å². The Morgan fingerprint density at radius 1 is 1.39 bits per heavy atom. The van der Waals surface area contributed by atoms with E-state index in [0.717, 1.165) is 21.1 Å². The van der Waals surface area contributed by atoms with E-state index in [0.29, 0.717) is 12.3 Å². The van der Waals surface area contributed by atoms with E-state index >= 15 is 0 Å². The maximum Gasteiger partial charge on any atom is 0.352 e. The molecule has 0 aliphatic carbocycles. The number of aryl methyl sites for hydroxylation is 1. The first-order valence-corrected chi connectivity index (χ1v) is 5.13. The molecule has 0 fully saturated rings. The fourth-order valence-electron chi connectivity index (χ4n) is 1.52. The summed E-state index contributed by atoms with van der Waals surface area (Å²) in [5, 5.41) is 1.94. The molecule has 1 aromatic rings. The maximum absolute atomic E-state index is 11.7. The van der Waals surface area contributed by atoms with Crippen molar-refractivity contribution in [3.63, 3.8) is 0 Å². The predicted octanol–water partition coefficient (Wildman–Crippen LogP) is 1.38. The maximum atomic E-state index is 11.7. The van der Waals surface area contributed by atoms with Gasteiger partial charge in [0.05, 0.1) is 12.3 Å². The highest BCUT2D eigenvalue weighted by Gasteiger charge is 2.18. The molecule has 1 aromatic carbocycles. The lowest BCUT2D eigenvalue weighted by molar-refractivity contribution is 0.184. The molecular weight excluding hydrogens is 232 g/mol. The number of nitrogens with zero attached hydrogens (tertiary/aromatic N) is 2. The van der Waals surface area contributed by atoms with Gasteiger partial charge in [-0.05, 0) is 18.6 Å². The highest BCUT2D eigenvalue weighted by Crippen LogP contribution is 2.23. The number of urea groups is 1. The Morgan fingerprint density at radius 3 is 2.50 bits per heavy atom. The molecule has 0 bridgehead atoms. The zero-order valence-electron chi connectivity index (χ0n) is 10.3. The monoisotopic (exact) mass is 254 g/mol. The van der Waals surface area contributed by atoms with Crippen molar-refractivity contribution in [2.75, 3.05) is 19.2 Å². The summed E-state index contributed by atoms with van der Waals surface area (Å²) in [5.74, 6) is 11.1. The summed E-state index contributed by atoms with van der Waals surface area (Å²) in [6.45, 7) is 2.32. The van der Waals surface area contributed by atoms with Gasteiger partial charge in [0, 0.05) is 19.7 Å². The molecule has 102 valence electrons. The Hall–Kier alpha value is -1.63. The fourth-order valence-corrected chi connectivity index (χ4v) is 1.52. The van der Waals surface area contributed by atoms with Gasteiger partial charge < -0.3 is 4.74 Å². The third-order valence-electron chi connectivity index (χ3n) is 2.44. The van der Waals surface area contributed by atoms with Crippen molar-refractivity contribution in [3.8, 4) is 0 Å². The average molecular weight is 254 g/mol. The molecule has 18 heavy (non-hydrogen) atoms. The third-order valence-corrected chi connectivity index (χ3v) is 2.44. The number of amides is 2. The van der Waals surface area contributed by atoms with Crippen molar-refractivity contribution >= 4 is 11.7 Å². The number of nitrogens with two attached hydrogens (primary N) is 2. The van der Waals surface area contributed by atoms with Crippen molar-refractivity contribution in [2.24, 2.45) is 11.7 Å². The van der Waals surface area contributed by atoms with E-state index in [9.17, 15) is 4.79 Å². The summed E-state index contributed by atoms with van der Waals surface area (Å²) in [6, 6.07) is 5.02. The second-order valence-electron chi connectivity index (χ2n) is 3.77. The molecule has 0 saturated carbocycles. The van der Waals surface area contributed by atoms with Gasteiger partial charge in [0.25, 0.3) is 0 Å². The summed E-state index contributed by atoms with van der Waals surface area (Å²) in [5.41, 5.74) is 2.47. The molecule has 0 aliphatic rings. The standard InChI is InChI=1S/C11H18N4O2.CH4/c1-8-5-4-6-10(9(8)7-17-3)15(13)11(16)14(2)12;/h4-6H,7,12-13H2,1-3H3;1H4. The summed E-state index contributed by atoms with van der Waals surface area (Å²) in [7, 11) is 3.03. The number of carbonyl (C=O) groups is 1. The Balaban J connectivity index is 0.00000289. The molecule has 1 rings (SSSR count). The van der Waals surface area contributed by atoms with Gasteiger partial charge in [-0.15, -0.1) is 0 Å². The topological polar surface area (TPSA) is 84.8 Å². The Bertz CT molecular complexity index is 407. The van der Waals surface area contributed by atoms with Crippen LogP contribution in [0.3, 0.4) is 0 Å². The Labute approximate surface area is 108 Å². The highest BCUT2D eigenvalue weighted by atomic mass is 16.5. The first kappa shape index (κ1) is 16.4. The van der Waals surface area contributed by atoms with Gasteiger partial charge in [0.1, 0.15) is 0 Å². The molecule has 2 amide bonds. The number of hydrogen-bond donors (Lipinski definition) is 2. The minimum absolute atomic E-state index is 0. The third kappa shape index (κ3) is 3.43. The van der Waals surface area contributed by atoms with E-state index in [-0.39, 0.29) is 7.43 Å². The van der Waals surface area contributed by atoms with Crippen LogP contribution >= 0.6 is 0 Å². The van der Waals surface area contributed by atoms with Crippen LogP contribution in [-0.4, -0.2) is 25.2 Å². The van der Waals surface area contributed by atoms with Gasteiger partial charge in [-0.1, -0.05) is 19.6 Å². The van der Waals surface area contributed by atoms with E-state index in [1.807, 2.05) is 19.1 Å². The largest absolute Gasteiger partial charge is 0.380 e. The zero-order valence-corrected chi connectivity index (χ0v) is 10.3. The number of benzene rings is 1. The molecule has 0 aliphatic heterocycles. The minimum atomic E-state index is -0.493. The molecule has 0 atom stereocenters. The molecule has 0 radical (unpaired) electrons. The Morgan fingerprint density at radius 2 is 2.00 bits per heavy atom. The number of methoxy groups -OCH3 is 1. The molecule has 0 unspecified atom stereocenters. The first-order chi connectivity index (χ1) is 7.99. The summed E-state index contributed by atoms with van der Waals surface area (Å²) in [6.07, 6.45) is 0. The highest BCUT2D eigenvalue weighted by molar-refractivity contribution is 5.91. The van der Waals surface area contributed by atoms with Gasteiger partial charge >= 0.3 is 6.03 Å². The first-order valence-electron chi connectivity index (χ1n) is 5.13. The van der Waals surface area contributed by atoms with Crippen LogP contribution in [0.25, 0.3) is 0 Å². The number of rotatable bonds is 3. The number of anilines is 1. The van der Waals surface area contributed by atoms with Gasteiger partial charge in [-0.25, -0.2) is 21.5 Å². The van der Waals surface area contributed by atoms with Crippen LogP contribution in [0.5, 0.6) is 0 Å². The lowest BCUT2D eigenvalue weighted by atomic mass is 10.1.